The highest BCUT2D eigenvalue weighted by atomic mass is 32.2. The van der Waals surface area contributed by atoms with E-state index >= 15 is 0 Å². The van der Waals surface area contributed by atoms with Crippen LogP contribution < -0.4 is 14.4 Å². The third-order valence-corrected chi connectivity index (χ3v) is 8.44. The second-order valence-corrected chi connectivity index (χ2v) is 11.1. The Kier molecular flexibility index (Phi) is 7.86. The fraction of sp³-hybridized carbons (Fsp3) is 0.192. The van der Waals surface area contributed by atoms with Crippen LogP contribution in [0.1, 0.15) is 17.3 Å². The van der Waals surface area contributed by atoms with Crippen molar-refractivity contribution in [1.29, 1.82) is 0 Å². The third-order valence-electron chi connectivity index (χ3n) is 5.60. The molecule has 1 aromatic heterocycles. The zero-order chi connectivity index (χ0) is 26.6. The number of thiazole rings is 1. The summed E-state index contributed by atoms with van der Waals surface area (Å²) in [5.74, 6) is -0.677. The van der Waals surface area contributed by atoms with Crippen molar-refractivity contribution in [3.63, 3.8) is 0 Å². The van der Waals surface area contributed by atoms with Gasteiger partial charge >= 0.3 is 0 Å². The monoisotopic (exact) mass is 538 g/mol. The van der Waals surface area contributed by atoms with Crippen LogP contribution in [-0.4, -0.2) is 45.6 Å². The summed E-state index contributed by atoms with van der Waals surface area (Å²) in [4.78, 5) is 29.3. The molecule has 37 heavy (non-hydrogen) atoms. The maximum absolute atomic E-state index is 13.0. The molecule has 0 spiro atoms. The summed E-state index contributed by atoms with van der Waals surface area (Å²) in [6.07, 6.45) is 0. The lowest BCUT2D eigenvalue weighted by Gasteiger charge is -2.19. The molecule has 4 rings (SSSR count). The summed E-state index contributed by atoms with van der Waals surface area (Å²) >= 11 is 1.31. The molecule has 0 aliphatic heterocycles. The molecular weight excluding hydrogens is 512 g/mol. The van der Waals surface area contributed by atoms with Gasteiger partial charge in [0.1, 0.15) is 0 Å². The van der Waals surface area contributed by atoms with Gasteiger partial charge in [-0.05, 0) is 54.6 Å². The van der Waals surface area contributed by atoms with E-state index in [4.69, 9.17) is 4.74 Å². The smallest absolute Gasteiger partial charge is 0.279 e. The SMILES string of the molecule is COCCn1c(=NC(=O)c2ccc(S(=O)(=O)N(C)c3ccccc3)cc2)sc2cc(NC(C)=O)ccc21. The average Bonchev–Trinajstić information content (AvgIpc) is 3.22. The van der Waals surface area contributed by atoms with Gasteiger partial charge in [0, 0.05) is 38.9 Å². The highest BCUT2D eigenvalue weighted by molar-refractivity contribution is 7.92. The number of nitrogens with zero attached hydrogens (tertiary/aromatic N) is 3. The Bertz CT molecular complexity index is 1610. The molecule has 3 aromatic carbocycles. The van der Waals surface area contributed by atoms with E-state index in [1.54, 1.807) is 37.4 Å². The molecule has 0 aliphatic carbocycles. The van der Waals surface area contributed by atoms with Crippen molar-refractivity contribution in [2.45, 2.75) is 18.4 Å². The molecule has 11 heteroatoms. The first kappa shape index (κ1) is 26.3. The number of benzene rings is 3. The lowest BCUT2D eigenvalue weighted by atomic mass is 10.2. The number of sulfonamides is 1. The molecule has 0 bridgehead atoms. The molecule has 0 aliphatic rings. The van der Waals surface area contributed by atoms with E-state index in [1.807, 2.05) is 22.8 Å². The van der Waals surface area contributed by atoms with Crippen LogP contribution in [0.4, 0.5) is 11.4 Å². The highest BCUT2D eigenvalue weighted by Gasteiger charge is 2.21. The molecule has 1 N–H and O–H groups in total. The predicted octanol–water partition coefficient (Wildman–Crippen LogP) is 3.87. The molecule has 0 unspecified atom stereocenters. The molecule has 1 heterocycles. The minimum Gasteiger partial charge on any atom is -0.383 e. The average molecular weight is 539 g/mol. The first-order chi connectivity index (χ1) is 17.7. The number of carbonyl (C=O) groups is 2. The number of anilines is 2. The number of rotatable bonds is 8. The first-order valence-corrected chi connectivity index (χ1v) is 13.6. The Hall–Kier alpha value is -3.80. The van der Waals surface area contributed by atoms with Crippen molar-refractivity contribution < 1.29 is 22.7 Å². The molecule has 0 saturated heterocycles. The van der Waals surface area contributed by atoms with Crippen LogP contribution in [0, 0.1) is 0 Å². The van der Waals surface area contributed by atoms with Crippen molar-refractivity contribution in [2.24, 2.45) is 4.99 Å². The van der Waals surface area contributed by atoms with E-state index in [-0.39, 0.29) is 16.4 Å². The highest BCUT2D eigenvalue weighted by Crippen LogP contribution is 2.24. The van der Waals surface area contributed by atoms with Gasteiger partial charge in [-0.15, -0.1) is 0 Å². The van der Waals surface area contributed by atoms with Gasteiger partial charge in [-0.25, -0.2) is 8.42 Å². The first-order valence-electron chi connectivity index (χ1n) is 11.3. The van der Waals surface area contributed by atoms with Crippen LogP contribution in [0.15, 0.2) is 82.7 Å². The van der Waals surface area contributed by atoms with Gasteiger partial charge in [0.15, 0.2) is 4.80 Å². The predicted molar refractivity (Wildman–Crippen MR) is 144 cm³/mol. The van der Waals surface area contributed by atoms with Gasteiger partial charge in [0.05, 0.1) is 27.4 Å². The van der Waals surface area contributed by atoms with Crippen molar-refractivity contribution >= 4 is 54.8 Å². The van der Waals surface area contributed by atoms with Crippen LogP contribution >= 0.6 is 11.3 Å². The number of fused-ring (bicyclic) bond motifs is 1. The van der Waals surface area contributed by atoms with Gasteiger partial charge in [0.25, 0.3) is 15.9 Å². The molecule has 0 saturated carbocycles. The molecule has 192 valence electrons. The van der Waals surface area contributed by atoms with E-state index in [9.17, 15) is 18.0 Å². The lowest BCUT2D eigenvalue weighted by Crippen LogP contribution is -2.26. The molecule has 2 amide bonds. The second-order valence-electron chi connectivity index (χ2n) is 8.14. The number of amides is 2. The zero-order valence-electron chi connectivity index (χ0n) is 20.5. The van der Waals surface area contributed by atoms with Crippen LogP contribution in [0.3, 0.4) is 0 Å². The van der Waals surface area contributed by atoms with Crippen LogP contribution in [0.2, 0.25) is 0 Å². The van der Waals surface area contributed by atoms with Gasteiger partial charge < -0.3 is 14.6 Å². The maximum atomic E-state index is 13.0. The van der Waals surface area contributed by atoms with Crippen LogP contribution in [-0.2, 0) is 26.1 Å². The molecular formula is C26H26N4O5S2. The molecule has 0 atom stereocenters. The van der Waals surface area contributed by atoms with Crippen LogP contribution in [0.25, 0.3) is 10.2 Å². The summed E-state index contributed by atoms with van der Waals surface area (Å²) in [6.45, 7) is 2.33. The number of hydrogen-bond acceptors (Lipinski definition) is 6. The third kappa shape index (κ3) is 5.79. The molecule has 4 aromatic rings. The topological polar surface area (TPSA) is 110 Å². The zero-order valence-corrected chi connectivity index (χ0v) is 22.2. The van der Waals surface area contributed by atoms with Gasteiger partial charge in [-0.3, -0.25) is 13.9 Å². The van der Waals surface area contributed by atoms with Gasteiger partial charge in [-0.1, -0.05) is 29.5 Å². The van der Waals surface area contributed by atoms with E-state index in [2.05, 4.69) is 10.3 Å². The number of para-hydroxylation sites is 1. The molecule has 9 nitrogen and oxygen atoms in total. The number of ether oxygens (including phenoxy) is 1. The number of methoxy groups -OCH3 is 1. The van der Waals surface area contributed by atoms with E-state index in [0.717, 1.165) is 10.2 Å². The van der Waals surface area contributed by atoms with Crippen molar-refractivity contribution in [1.82, 2.24) is 4.57 Å². The van der Waals surface area contributed by atoms with Crippen molar-refractivity contribution in [3.8, 4) is 0 Å². The Balaban J connectivity index is 1.66. The van der Waals surface area contributed by atoms with Crippen LogP contribution in [0.5, 0.6) is 0 Å². The lowest BCUT2D eigenvalue weighted by molar-refractivity contribution is -0.114. The Morgan fingerprint density at radius 1 is 1.05 bits per heavy atom. The minimum absolute atomic E-state index is 0.0675. The largest absolute Gasteiger partial charge is 0.383 e. The van der Waals surface area contributed by atoms with Gasteiger partial charge in [-0.2, -0.15) is 4.99 Å². The summed E-state index contributed by atoms with van der Waals surface area (Å²) < 4.78 is 35.2. The van der Waals surface area contributed by atoms with E-state index in [1.165, 1.54) is 53.9 Å². The number of carbonyl (C=O) groups excluding carboxylic acids is 2. The number of aromatic nitrogens is 1. The second kappa shape index (κ2) is 11.1. The minimum atomic E-state index is -3.79. The summed E-state index contributed by atoms with van der Waals surface area (Å²) in [5.41, 5.74) is 2.30. The van der Waals surface area contributed by atoms with Crippen molar-refractivity contribution in [2.75, 3.05) is 30.4 Å². The quantitative estimate of drug-likeness (QED) is 0.366. The summed E-state index contributed by atoms with van der Waals surface area (Å²) in [7, 11) is -0.718. The Morgan fingerprint density at radius 2 is 1.76 bits per heavy atom. The molecule has 0 radical (unpaired) electrons. The van der Waals surface area contributed by atoms with Gasteiger partial charge in [0.2, 0.25) is 5.91 Å². The fourth-order valence-electron chi connectivity index (χ4n) is 3.69. The molecule has 0 fully saturated rings. The Labute approximate surface area is 218 Å². The van der Waals surface area contributed by atoms with E-state index < -0.39 is 15.9 Å². The standard InChI is InChI=1S/C26H26N4O5S2/c1-18(31)27-20-11-14-23-24(17-20)36-26(30(23)15-16-35-3)28-25(32)19-9-12-22(13-10-19)37(33,34)29(2)21-7-5-4-6-8-21/h4-14,17H,15-16H2,1-3H3,(H,27,31). The Morgan fingerprint density at radius 3 is 2.41 bits per heavy atom. The maximum Gasteiger partial charge on any atom is 0.279 e. The number of nitrogens with one attached hydrogen (secondary N) is 1. The fourth-order valence-corrected chi connectivity index (χ4v) is 5.98. The normalized spacial score (nSPS) is 12.0. The summed E-state index contributed by atoms with van der Waals surface area (Å²) in [6, 6.07) is 19.9. The van der Waals surface area contributed by atoms with E-state index in [0.29, 0.717) is 29.3 Å². The number of hydrogen-bond donors (Lipinski definition) is 1. The van der Waals surface area contributed by atoms with Crippen molar-refractivity contribution in [3.05, 3.63) is 83.2 Å². The summed E-state index contributed by atoms with van der Waals surface area (Å²) in [5, 5.41) is 2.75.